The van der Waals surface area contributed by atoms with Crippen LogP contribution in [0.5, 0.6) is 5.75 Å². The van der Waals surface area contributed by atoms with Crippen molar-refractivity contribution in [2.24, 2.45) is 4.99 Å². The van der Waals surface area contributed by atoms with Gasteiger partial charge in [0.05, 0.1) is 18.2 Å². The molecule has 0 unspecified atom stereocenters. The molecule has 0 radical (unpaired) electrons. The zero-order valence-electron chi connectivity index (χ0n) is 28.3. The number of amides is 1. The molecule has 0 bridgehead atoms. The van der Waals surface area contributed by atoms with E-state index in [0.29, 0.717) is 23.2 Å². The van der Waals surface area contributed by atoms with E-state index < -0.39 is 29.6 Å². The molecule has 2 aliphatic rings. The normalized spacial score (nSPS) is 17.0. The summed E-state index contributed by atoms with van der Waals surface area (Å²) in [6.07, 6.45) is 2.01. The number of rotatable bonds is 12. The highest BCUT2D eigenvalue weighted by Crippen LogP contribution is 2.58. The molecule has 5 aromatic carbocycles. The summed E-state index contributed by atoms with van der Waals surface area (Å²) < 4.78 is 11.3. The van der Waals surface area contributed by atoms with Gasteiger partial charge in [-0.2, -0.15) is 0 Å². The molecule has 1 amide bonds. The Morgan fingerprint density at radius 2 is 1.48 bits per heavy atom. The molecule has 11 heteroatoms. The maximum absolute atomic E-state index is 14.3. The van der Waals surface area contributed by atoms with Crippen molar-refractivity contribution in [3.63, 3.8) is 0 Å². The van der Waals surface area contributed by atoms with Crippen LogP contribution < -0.4 is 20.7 Å². The van der Waals surface area contributed by atoms with Gasteiger partial charge < -0.3 is 9.47 Å². The molecule has 0 N–H and O–H groups in total. The number of esters is 1. The van der Waals surface area contributed by atoms with Crippen LogP contribution in [0.2, 0.25) is 0 Å². The van der Waals surface area contributed by atoms with Crippen LogP contribution in [0.15, 0.2) is 156 Å². The molecule has 2 heterocycles. The molecule has 5 aromatic rings. The van der Waals surface area contributed by atoms with Gasteiger partial charge in [0.15, 0.2) is 6.04 Å². The molecule has 1 saturated heterocycles. The minimum absolute atomic E-state index is 0.0180. The number of benzene rings is 5. The van der Waals surface area contributed by atoms with Gasteiger partial charge in [0.1, 0.15) is 46.6 Å². The second kappa shape index (κ2) is 15.4. The maximum atomic E-state index is 14.3. The highest BCUT2D eigenvalue weighted by molar-refractivity contribution is 8.00. The number of β-lactam (4-membered cyclic amide) rings is 1. The van der Waals surface area contributed by atoms with E-state index in [9.17, 15) is 19.7 Å². The topological polar surface area (TPSA) is 111 Å². The quantitative estimate of drug-likeness (QED) is 0.0371. The molecule has 0 aromatic heterocycles. The number of nitro groups is 1. The molecule has 0 saturated carbocycles. The number of thioether (sulfide) groups is 1. The van der Waals surface area contributed by atoms with Crippen molar-refractivity contribution in [3.8, 4) is 5.75 Å². The van der Waals surface area contributed by atoms with Crippen LogP contribution in [0.3, 0.4) is 0 Å². The first kappa shape index (κ1) is 34.9. The van der Waals surface area contributed by atoms with Crippen LogP contribution in [0.1, 0.15) is 11.1 Å². The number of nitro benzene ring substituents is 1. The lowest BCUT2D eigenvalue weighted by molar-refractivity contribution is -0.384. The molecule has 260 valence electrons. The number of aliphatic imine (C=N–C) groups is 1. The third kappa shape index (κ3) is 6.87. The van der Waals surface area contributed by atoms with Gasteiger partial charge in [0, 0.05) is 29.7 Å². The number of hydrogen-bond acceptors (Lipinski definition) is 8. The zero-order valence-corrected chi connectivity index (χ0v) is 30.0. The molecule has 2 atom stereocenters. The van der Waals surface area contributed by atoms with E-state index in [4.69, 9.17) is 9.47 Å². The number of carbonyl (C=O) groups excluding carboxylic acids is 2. The summed E-state index contributed by atoms with van der Waals surface area (Å²) in [5.41, 5.74) is 2.33. The second-order valence-corrected chi connectivity index (χ2v) is 16.9. The van der Waals surface area contributed by atoms with E-state index in [0.717, 1.165) is 27.1 Å². The molecule has 1 fully saturated rings. The average Bonchev–Trinajstić information content (AvgIpc) is 3.20. The van der Waals surface area contributed by atoms with Crippen LogP contribution in [-0.4, -0.2) is 58.4 Å². The summed E-state index contributed by atoms with van der Waals surface area (Å²) in [7, 11) is -0.831. The van der Waals surface area contributed by atoms with Crippen LogP contribution in [-0.2, 0) is 20.9 Å². The summed E-state index contributed by atoms with van der Waals surface area (Å²) >= 11 is 1.56. The van der Waals surface area contributed by atoms with Crippen molar-refractivity contribution < 1.29 is 24.0 Å². The monoisotopic (exact) mass is 728 g/mol. The van der Waals surface area contributed by atoms with Gasteiger partial charge >= 0.3 is 5.97 Å². The Bertz CT molecular complexity index is 2050. The Labute approximate surface area is 306 Å². The van der Waals surface area contributed by atoms with Gasteiger partial charge in [-0.05, 0) is 59.7 Å². The molecule has 2 aliphatic heterocycles. The predicted molar refractivity (Wildman–Crippen MR) is 207 cm³/mol. The van der Waals surface area contributed by atoms with Crippen molar-refractivity contribution in [2.75, 3.05) is 19.0 Å². The smallest absolute Gasteiger partial charge is 0.355 e. The minimum atomic E-state index is -2.42. The lowest BCUT2D eigenvalue weighted by Crippen LogP contribution is -2.64. The number of non-ortho nitro benzene ring substituents is 1. The zero-order chi connectivity index (χ0) is 36.1. The third-order valence-electron chi connectivity index (χ3n) is 9.23. The van der Waals surface area contributed by atoms with Crippen LogP contribution in [0.25, 0.3) is 0 Å². The van der Waals surface area contributed by atoms with Gasteiger partial charge in [-0.1, -0.05) is 78.9 Å². The van der Waals surface area contributed by atoms with Gasteiger partial charge in [0.2, 0.25) is 0 Å². The van der Waals surface area contributed by atoms with Gasteiger partial charge in [0.25, 0.3) is 11.6 Å². The van der Waals surface area contributed by atoms with Crippen molar-refractivity contribution in [1.82, 2.24) is 4.90 Å². The number of nitrogens with zero attached hydrogens (tertiary/aromatic N) is 3. The van der Waals surface area contributed by atoms with E-state index in [1.54, 1.807) is 35.9 Å². The number of carbonyl (C=O) groups is 2. The van der Waals surface area contributed by atoms with Crippen molar-refractivity contribution in [2.45, 2.75) is 18.0 Å². The van der Waals surface area contributed by atoms with Crippen LogP contribution in [0, 0.1) is 10.1 Å². The highest BCUT2D eigenvalue weighted by atomic mass is 32.2. The molecular weight excluding hydrogens is 694 g/mol. The Balaban J connectivity index is 1.30. The fourth-order valence-corrected chi connectivity index (χ4v) is 12.5. The third-order valence-corrected chi connectivity index (χ3v) is 14.9. The van der Waals surface area contributed by atoms with E-state index in [1.165, 1.54) is 18.3 Å². The van der Waals surface area contributed by atoms with Gasteiger partial charge in [-0.15, -0.1) is 11.8 Å². The van der Waals surface area contributed by atoms with E-state index in [-0.39, 0.29) is 23.9 Å². The first-order chi connectivity index (χ1) is 25.4. The van der Waals surface area contributed by atoms with Gasteiger partial charge in [-0.25, -0.2) is 4.79 Å². The molecule has 7 rings (SSSR count). The van der Waals surface area contributed by atoms with Crippen LogP contribution >= 0.6 is 19.0 Å². The fourth-order valence-electron chi connectivity index (χ4n) is 6.66. The summed E-state index contributed by atoms with van der Waals surface area (Å²) in [5.74, 6) is 0.283. The number of fused-ring (bicyclic) bond motifs is 1. The Morgan fingerprint density at radius 1 is 0.885 bits per heavy atom. The molecule has 52 heavy (non-hydrogen) atoms. The van der Waals surface area contributed by atoms with E-state index in [2.05, 4.69) is 41.4 Å². The first-order valence-corrected chi connectivity index (χ1v) is 19.7. The Morgan fingerprint density at radius 3 is 2.04 bits per heavy atom. The van der Waals surface area contributed by atoms with Gasteiger partial charge in [-0.3, -0.25) is 24.8 Å². The van der Waals surface area contributed by atoms with Crippen molar-refractivity contribution in [1.29, 1.82) is 0 Å². The molecule has 0 aliphatic carbocycles. The summed E-state index contributed by atoms with van der Waals surface area (Å²) in [5, 5.41) is 14.4. The SMILES string of the molecule is COc1ccc(COC(=O)C2=C(C[P+](c3ccccc3)(c3ccccc3)c3ccccc3)CS[C@@H]3[C@H](N=Cc4cccc([N+](=O)[O-])c4)C(=O)N23)cc1. The van der Waals surface area contributed by atoms with Crippen molar-refractivity contribution >= 4 is 58.7 Å². The first-order valence-electron chi connectivity index (χ1n) is 16.7. The fraction of sp³-hybridized carbons (Fsp3) is 0.146. The van der Waals surface area contributed by atoms with E-state index in [1.807, 2.05) is 78.9 Å². The molecular formula is C41H35N3O6PS+. The second-order valence-electron chi connectivity index (χ2n) is 12.3. The summed E-state index contributed by atoms with van der Waals surface area (Å²) in [6.45, 7) is 0.0180. The minimum Gasteiger partial charge on any atom is -0.497 e. The Hall–Kier alpha value is -5.57. The largest absolute Gasteiger partial charge is 0.497 e. The van der Waals surface area contributed by atoms with Crippen LogP contribution in [0.4, 0.5) is 5.69 Å². The molecule has 0 spiro atoms. The number of hydrogen-bond donors (Lipinski definition) is 0. The lowest BCUT2D eigenvalue weighted by Gasteiger charge is -2.48. The average molecular weight is 729 g/mol. The Kier molecular flexibility index (Phi) is 10.3. The maximum Gasteiger partial charge on any atom is 0.355 e. The van der Waals surface area contributed by atoms with Crippen molar-refractivity contribution in [3.05, 3.63) is 172 Å². The van der Waals surface area contributed by atoms with E-state index >= 15 is 0 Å². The summed E-state index contributed by atoms with van der Waals surface area (Å²) in [6, 6.07) is 43.8. The predicted octanol–water partition coefficient (Wildman–Crippen LogP) is 6.30. The number of methoxy groups -OCH3 is 1. The number of ether oxygens (including phenoxy) is 2. The highest BCUT2D eigenvalue weighted by Gasteiger charge is 2.56. The standard InChI is InChI=1S/C41H35N3O6PS/c1-49-33-22-20-29(21-23-33)26-50-41(46)38-31(28-52-40-37(39(45)43(38)40)42-25-30-12-11-13-32(24-30)44(47)48)27-51(34-14-5-2-6-15-34,35-16-7-3-8-17-35)36-18-9-4-10-19-36/h2-25,37,40H,26-28H2,1H3/q+1/t37-,40-/m1/s1. The molecule has 9 nitrogen and oxygen atoms in total. The summed E-state index contributed by atoms with van der Waals surface area (Å²) in [4.78, 5) is 45.3. The lowest BCUT2D eigenvalue weighted by atomic mass is 10.0.